The minimum atomic E-state index is -0.461. The van der Waals surface area contributed by atoms with Crippen LogP contribution in [0.3, 0.4) is 0 Å². The molecule has 7 heteroatoms. The second kappa shape index (κ2) is 5.62. The summed E-state index contributed by atoms with van der Waals surface area (Å²) in [6, 6.07) is 4.30. The van der Waals surface area contributed by atoms with Gasteiger partial charge in [0.05, 0.1) is 17.7 Å². The van der Waals surface area contributed by atoms with Gasteiger partial charge < -0.3 is 9.31 Å². The number of hydrogen-bond donors (Lipinski definition) is 0. The Morgan fingerprint density at radius 2 is 1.87 bits per heavy atom. The maximum atomic E-state index is 13.3. The molecule has 0 unspecified atom stereocenters. The van der Waals surface area contributed by atoms with E-state index in [1.807, 2.05) is 33.9 Å². The van der Waals surface area contributed by atoms with Gasteiger partial charge in [-0.2, -0.15) is 5.10 Å². The van der Waals surface area contributed by atoms with Crippen molar-refractivity contribution < 1.29 is 13.7 Å². The molecule has 1 fully saturated rings. The van der Waals surface area contributed by atoms with Crippen LogP contribution < -0.4 is 5.46 Å². The summed E-state index contributed by atoms with van der Waals surface area (Å²) in [7, 11) is -0.461. The molecule has 0 amide bonds. The number of nitrogens with zero attached hydrogens (tertiary/aromatic N) is 2. The summed E-state index contributed by atoms with van der Waals surface area (Å²) in [4.78, 5) is 0. The molecule has 0 saturated carbocycles. The van der Waals surface area contributed by atoms with Crippen LogP contribution in [0.25, 0.3) is 0 Å². The molecule has 2 aromatic rings. The van der Waals surface area contributed by atoms with E-state index in [-0.39, 0.29) is 5.82 Å². The van der Waals surface area contributed by atoms with Crippen LogP contribution >= 0.6 is 11.6 Å². The summed E-state index contributed by atoms with van der Waals surface area (Å²) in [5.41, 5.74) is 0.712. The van der Waals surface area contributed by atoms with Gasteiger partial charge in [-0.3, -0.25) is 4.68 Å². The Kier molecular flexibility index (Phi) is 4.03. The zero-order valence-corrected chi connectivity index (χ0v) is 14.4. The van der Waals surface area contributed by atoms with Gasteiger partial charge in [-0.05, 0) is 51.5 Å². The van der Waals surface area contributed by atoms with Gasteiger partial charge >= 0.3 is 7.12 Å². The van der Waals surface area contributed by atoms with E-state index < -0.39 is 18.3 Å². The molecule has 0 aliphatic carbocycles. The van der Waals surface area contributed by atoms with Crippen LogP contribution in [0, 0.1) is 5.82 Å². The van der Waals surface area contributed by atoms with Crippen molar-refractivity contribution in [3.8, 4) is 0 Å². The second-order valence-electron chi connectivity index (χ2n) is 6.80. The maximum absolute atomic E-state index is 13.3. The lowest BCUT2D eigenvalue weighted by Crippen LogP contribution is -2.41. The van der Waals surface area contributed by atoms with Gasteiger partial charge in [-0.25, -0.2) is 4.39 Å². The first-order chi connectivity index (χ1) is 10.7. The highest BCUT2D eigenvalue weighted by atomic mass is 35.5. The van der Waals surface area contributed by atoms with Crippen LogP contribution in [-0.2, 0) is 15.9 Å². The van der Waals surface area contributed by atoms with Crippen molar-refractivity contribution >= 4 is 24.2 Å². The first-order valence-corrected chi connectivity index (χ1v) is 7.88. The third-order valence-corrected chi connectivity index (χ3v) is 4.89. The third-order valence-electron chi connectivity index (χ3n) is 4.52. The molecule has 3 rings (SSSR count). The Balaban J connectivity index is 1.78. The van der Waals surface area contributed by atoms with E-state index >= 15 is 0 Å². The van der Waals surface area contributed by atoms with E-state index in [0.717, 1.165) is 5.46 Å². The Morgan fingerprint density at radius 3 is 2.52 bits per heavy atom. The molecule has 1 aliphatic heterocycles. The zero-order valence-electron chi connectivity index (χ0n) is 13.6. The summed E-state index contributed by atoms with van der Waals surface area (Å²) >= 11 is 6.10. The summed E-state index contributed by atoms with van der Waals surface area (Å²) in [5.74, 6) is -0.317. The number of aromatic nitrogens is 2. The van der Waals surface area contributed by atoms with Crippen LogP contribution in [0.15, 0.2) is 30.6 Å². The Morgan fingerprint density at radius 1 is 1.22 bits per heavy atom. The summed E-state index contributed by atoms with van der Waals surface area (Å²) in [6.07, 6.45) is 3.54. The van der Waals surface area contributed by atoms with Gasteiger partial charge in [0.1, 0.15) is 5.82 Å². The van der Waals surface area contributed by atoms with Crippen molar-refractivity contribution in [1.29, 1.82) is 0 Å². The molecule has 0 radical (unpaired) electrons. The second-order valence-corrected chi connectivity index (χ2v) is 7.20. The van der Waals surface area contributed by atoms with E-state index in [2.05, 4.69) is 5.10 Å². The van der Waals surface area contributed by atoms with Crippen LogP contribution in [0.2, 0.25) is 5.02 Å². The number of hydrogen-bond acceptors (Lipinski definition) is 3. The molecule has 4 nitrogen and oxygen atoms in total. The van der Waals surface area contributed by atoms with Gasteiger partial charge in [0.2, 0.25) is 0 Å². The maximum Gasteiger partial charge on any atom is 0.498 e. The fourth-order valence-corrected chi connectivity index (χ4v) is 2.58. The average molecular weight is 337 g/mol. The lowest BCUT2D eigenvalue weighted by Gasteiger charge is -2.32. The normalized spacial score (nSPS) is 19.3. The highest BCUT2D eigenvalue weighted by Gasteiger charge is 2.52. The van der Waals surface area contributed by atoms with Gasteiger partial charge in [-0.15, -0.1) is 0 Å². The van der Waals surface area contributed by atoms with Crippen molar-refractivity contribution in [2.45, 2.75) is 45.4 Å². The van der Waals surface area contributed by atoms with E-state index in [4.69, 9.17) is 20.9 Å². The van der Waals surface area contributed by atoms with Gasteiger partial charge in [0.25, 0.3) is 0 Å². The lowest BCUT2D eigenvalue weighted by molar-refractivity contribution is 0.00578. The zero-order chi connectivity index (χ0) is 16.8. The molecule has 0 spiro atoms. The fraction of sp³-hybridized carbons (Fsp3) is 0.438. The van der Waals surface area contributed by atoms with Crippen LogP contribution in [0.4, 0.5) is 4.39 Å². The van der Waals surface area contributed by atoms with Crippen LogP contribution in [0.5, 0.6) is 0 Å². The first-order valence-electron chi connectivity index (χ1n) is 7.50. The number of rotatable bonds is 3. The standard InChI is InChI=1S/C16H19BClFN2O2/c1-15(2)16(3,4)23-17(22-15)12-8-20-21(10-12)9-11-7-13(19)5-6-14(11)18/h5-8,10H,9H2,1-4H3. The van der Waals surface area contributed by atoms with E-state index in [1.165, 1.54) is 12.1 Å². The predicted octanol–water partition coefficient (Wildman–Crippen LogP) is 3.02. The lowest BCUT2D eigenvalue weighted by atomic mass is 9.82. The number of benzene rings is 1. The molecule has 122 valence electrons. The molecule has 1 aromatic carbocycles. The molecule has 0 atom stereocenters. The van der Waals surface area contributed by atoms with Gasteiger partial charge in [0, 0.05) is 22.9 Å². The molecular weight excluding hydrogens is 317 g/mol. The van der Waals surface area contributed by atoms with Crippen LogP contribution in [-0.4, -0.2) is 28.1 Å². The number of halogens is 2. The van der Waals surface area contributed by atoms with E-state index in [1.54, 1.807) is 16.9 Å². The average Bonchev–Trinajstić information content (AvgIpc) is 2.97. The van der Waals surface area contributed by atoms with E-state index in [9.17, 15) is 4.39 Å². The Bertz CT molecular complexity index is 717. The van der Waals surface area contributed by atoms with Crippen molar-refractivity contribution in [2.24, 2.45) is 0 Å². The van der Waals surface area contributed by atoms with Crippen molar-refractivity contribution in [2.75, 3.05) is 0 Å². The monoisotopic (exact) mass is 336 g/mol. The van der Waals surface area contributed by atoms with Crippen LogP contribution in [0.1, 0.15) is 33.3 Å². The quantitative estimate of drug-likeness (QED) is 0.808. The van der Waals surface area contributed by atoms with Gasteiger partial charge in [-0.1, -0.05) is 11.6 Å². The largest absolute Gasteiger partial charge is 0.498 e. The molecule has 1 aromatic heterocycles. The fourth-order valence-electron chi connectivity index (χ4n) is 2.41. The molecule has 0 bridgehead atoms. The predicted molar refractivity (Wildman–Crippen MR) is 88.5 cm³/mol. The third kappa shape index (κ3) is 3.16. The van der Waals surface area contributed by atoms with E-state index in [0.29, 0.717) is 17.1 Å². The molecule has 23 heavy (non-hydrogen) atoms. The Hall–Kier alpha value is -1.37. The summed E-state index contributed by atoms with van der Waals surface area (Å²) < 4.78 is 27.0. The highest BCUT2D eigenvalue weighted by Crippen LogP contribution is 2.36. The summed E-state index contributed by atoms with van der Waals surface area (Å²) in [6.45, 7) is 8.40. The molecule has 0 N–H and O–H groups in total. The van der Waals surface area contributed by atoms with Crippen molar-refractivity contribution in [3.63, 3.8) is 0 Å². The first kappa shape index (κ1) is 16.5. The SMILES string of the molecule is CC1(C)OB(c2cnn(Cc3cc(F)ccc3Cl)c2)OC1(C)C. The molecule has 1 saturated heterocycles. The highest BCUT2D eigenvalue weighted by molar-refractivity contribution is 6.62. The summed E-state index contributed by atoms with van der Waals surface area (Å²) in [5, 5.41) is 4.81. The smallest absolute Gasteiger partial charge is 0.399 e. The van der Waals surface area contributed by atoms with Gasteiger partial charge in [0.15, 0.2) is 0 Å². The molecular formula is C16H19BClFN2O2. The Labute approximate surface area is 140 Å². The topological polar surface area (TPSA) is 36.3 Å². The van der Waals surface area contributed by atoms with Crippen molar-refractivity contribution in [1.82, 2.24) is 9.78 Å². The van der Waals surface area contributed by atoms with Crippen molar-refractivity contribution in [3.05, 3.63) is 47.0 Å². The minimum Gasteiger partial charge on any atom is -0.399 e. The molecule has 1 aliphatic rings. The molecule has 2 heterocycles. The minimum absolute atomic E-state index is 0.317.